The van der Waals surface area contributed by atoms with E-state index in [-0.39, 0.29) is 17.7 Å². The molecule has 33 heavy (non-hydrogen) atoms. The largest absolute Gasteiger partial charge is 0.345 e. The highest BCUT2D eigenvalue weighted by Crippen LogP contribution is 2.28. The van der Waals surface area contributed by atoms with Gasteiger partial charge in [0.15, 0.2) is 5.13 Å². The van der Waals surface area contributed by atoms with Crippen molar-refractivity contribution in [3.63, 3.8) is 0 Å². The van der Waals surface area contributed by atoms with Crippen LogP contribution in [0.15, 0.2) is 30.3 Å². The fourth-order valence-corrected chi connectivity index (χ4v) is 4.71. The minimum Gasteiger partial charge on any atom is -0.345 e. The molecule has 3 amide bonds. The third-order valence-corrected chi connectivity index (χ3v) is 6.27. The van der Waals surface area contributed by atoms with Crippen LogP contribution < -0.4 is 16.0 Å². The number of amides is 3. The van der Waals surface area contributed by atoms with Gasteiger partial charge < -0.3 is 16.0 Å². The van der Waals surface area contributed by atoms with E-state index in [1.165, 1.54) is 18.3 Å². The molecule has 0 saturated heterocycles. The highest BCUT2D eigenvalue weighted by molar-refractivity contribution is 7.22. The fourth-order valence-electron chi connectivity index (χ4n) is 3.80. The summed E-state index contributed by atoms with van der Waals surface area (Å²) in [6.07, 6.45) is 2.32. The third-order valence-electron chi connectivity index (χ3n) is 5.34. The molecule has 8 heteroatoms. The smallest absolute Gasteiger partial charge is 0.255 e. The van der Waals surface area contributed by atoms with E-state index in [1.807, 2.05) is 39.8 Å². The molecule has 1 aromatic heterocycles. The summed E-state index contributed by atoms with van der Waals surface area (Å²) in [5, 5.41) is 8.96. The Hall–Kier alpha value is -3.26. The quantitative estimate of drug-likeness (QED) is 0.430. The number of fused-ring (bicyclic) bond motifs is 1. The van der Waals surface area contributed by atoms with Crippen LogP contribution in [0.5, 0.6) is 0 Å². The molecule has 1 atom stereocenters. The highest BCUT2D eigenvalue weighted by atomic mass is 32.1. The monoisotopic (exact) mass is 466 g/mol. The Balaban J connectivity index is 1.76. The summed E-state index contributed by atoms with van der Waals surface area (Å²) in [5.74, 6) is -0.734. The van der Waals surface area contributed by atoms with Gasteiger partial charge in [-0.1, -0.05) is 48.8 Å². The second-order valence-electron chi connectivity index (χ2n) is 8.31. The number of hydrogen-bond acceptors (Lipinski definition) is 5. The van der Waals surface area contributed by atoms with Crippen molar-refractivity contribution in [2.24, 2.45) is 0 Å². The molecule has 1 heterocycles. The van der Waals surface area contributed by atoms with E-state index in [9.17, 15) is 14.4 Å². The minimum absolute atomic E-state index is 0.198. The van der Waals surface area contributed by atoms with Crippen molar-refractivity contribution in [2.45, 2.75) is 59.9 Å². The molecule has 7 nitrogen and oxygen atoms in total. The number of anilines is 2. The number of nitrogens with one attached hydrogen (secondary N) is 3. The van der Waals surface area contributed by atoms with Crippen molar-refractivity contribution in [3.05, 3.63) is 52.6 Å². The Bertz CT molecular complexity index is 1180. The number of nitrogens with zero attached hydrogens (tertiary/aromatic N) is 1. The van der Waals surface area contributed by atoms with E-state index in [2.05, 4.69) is 20.9 Å². The van der Waals surface area contributed by atoms with Gasteiger partial charge in [-0.05, 0) is 56.5 Å². The first-order chi connectivity index (χ1) is 15.7. The lowest BCUT2D eigenvalue weighted by Gasteiger charge is -2.16. The van der Waals surface area contributed by atoms with E-state index in [0.717, 1.165) is 39.9 Å². The molecular weight excluding hydrogens is 436 g/mol. The van der Waals surface area contributed by atoms with Gasteiger partial charge in [-0.25, -0.2) is 4.98 Å². The Labute approximate surface area is 198 Å². The zero-order chi connectivity index (χ0) is 24.1. The molecule has 174 valence electrons. The molecule has 0 spiro atoms. The molecule has 0 saturated carbocycles. The number of thiazole rings is 1. The summed E-state index contributed by atoms with van der Waals surface area (Å²) >= 11 is 1.30. The van der Waals surface area contributed by atoms with Gasteiger partial charge >= 0.3 is 0 Å². The van der Waals surface area contributed by atoms with Crippen LogP contribution in [-0.4, -0.2) is 28.7 Å². The number of aromatic nitrogens is 1. The van der Waals surface area contributed by atoms with Gasteiger partial charge in [0, 0.05) is 18.2 Å². The number of benzene rings is 2. The topological polar surface area (TPSA) is 100 Å². The normalized spacial score (nSPS) is 11.8. The zero-order valence-corrected chi connectivity index (χ0v) is 20.5. The molecular formula is C25H30N4O3S. The van der Waals surface area contributed by atoms with Gasteiger partial charge in [-0.2, -0.15) is 0 Å². The van der Waals surface area contributed by atoms with Crippen LogP contribution in [0.2, 0.25) is 0 Å². The Morgan fingerprint density at radius 3 is 2.36 bits per heavy atom. The third kappa shape index (κ3) is 6.16. The first kappa shape index (κ1) is 24.4. The van der Waals surface area contributed by atoms with Gasteiger partial charge in [0.1, 0.15) is 6.04 Å². The first-order valence-electron chi connectivity index (χ1n) is 11.1. The van der Waals surface area contributed by atoms with Gasteiger partial charge in [-0.3, -0.25) is 14.4 Å². The van der Waals surface area contributed by atoms with Gasteiger partial charge in [0.25, 0.3) is 5.91 Å². The molecule has 0 fully saturated rings. The van der Waals surface area contributed by atoms with Crippen molar-refractivity contribution in [2.75, 3.05) is 10.6 Å². The lowest BCUT2D eigenvalue weighted by atomic mass is 10.0. The van der Waals surface area contributed by atoms with Gasteiger partial charge in [0.2, 0.25) is 11.8 Å². The average molecular weight is 467 g/mol. The van der Waals surface area contributed by atoms with Crippen LogP contribution in [0.1, 0.15) is 60.2 Å². The highest BCUT2D eigenvalue weighted by Gasteiger charge is 2.20. The summed E-state index contributed by atoms with van der Waals surface area (Å²) < 4.78 is 0.792. The summed E-state index contributed by atoms with van der Waals surface area (Å²) in [5.41, 5.74) is 5.21. The van der Waals surface area contributed by atoms with Gasteiger partial charge in [-0.15, -0.1) is 0 Å². The molecule has 0 bridgehead atoms. The molecule has 0 radical (unpaired) electrons. The Kier molecular flexibility index (Phi) is 7.81. The summed E-state index contributed by atoms with van der Waals surface area (Å²) in [6, 6.07) is 8.75. The number of carbonyl (C=O) groups excluding carboxylic acids is 3. The maximum Gasteiger partial charge on any atom is 0.255 e. The molecule has 1 unspecified atom stereocenters. The van der Waals surface area contributed by atoms with Crippen molar-refractivity contribution in [3.8, 4) is 0 Å². The van der Waals surface area contributed by atoms with Crippen LogP contribution >= 0.6 is 11.3 Å². The van der Waals surface area contributed by atoms with Crippen molar-refractivity contribution in [1.29, 1.82) is 0 Å². The second kappa shape index (κ2) is 10.6. The predicted octanol–water partition coefficient (Wildman–Crippen LogP) is 5.11. The van der Waals surface area contributed by atoms with Crippen LogP contribution in [0.25, 0.3) is 10.2 Å². The van der Waals surface area contributed by atoms with E-state index in [4.69, 9.17) is 0 Å². The lowest BCUT2D eigenvalue weighted by Crippen LogP contribution is -2.42. The molecule has 0 aliphatic rings. The van der Waals surface area contributed by atoms with Crippen LogP contribution in [0.4, 0.5) is 10.8 Å². The minimum atomic E-state index is -0.600. The molecule has 0 aliphatic carbocycles. The summed E-state index contributed by atoms with van der Waals surface area (Å²) in [4.78, 5) is 41.5. The van der Waals surface area contributed by atoms with E-state index in [1.54, 1.807) is 18.2 Å². The Morgan fingerprint density at radius 2 is 1.73 bits per heavy atom. The molecule has 3 aromatic rings. The Morgan fingerprint density at radius 1 is 1.03 bits per heavy atom. The lowest BCUT2D eigenvalue weighted by molar-refractivity contribution is -0.125. The first-order valence-corrected chi connectivity index (χ1v) is 11.9. The standard InChI is InChI=1S/C25H30N4O3S/c1-6-7-8-20(26-17(5)30)24(32)29-25-27-19-10-9-18(13-21(19)33-25)23(31)28-22-15(3)11-14(2)12-16(22)4/h9-13,20H,6-8H2,1-5H3,(H,26,30)(H,28,31)(H,27,29,32). The summed E-state index contributed by atoms with van der Waals surface area (Å²) in [7, 11) is 0. The van der Waals surface area contributed by atoms with E-state index < -0.39 is 6.04 Å². The van der Waals surface area contributed by atoms with E-state index >= 15 is 0 Å². The van der Waals surface area contributed by atoms with Gasteiger partial charge in [0.05, 0.1) is 10.2 Å². The fraction of sp³-hybridized carbons (Fsp3) is 0.360. The maximum absolute atomic E-state index is 12.9. The molecule has 0 aliphatic heterocycles. The SMILES string of the molecule is CCCCC(NC(C)=O)C(=O)Nc1nc2ccc(C(=O)Nc3c(C)cc(C)cc3C)cc2s1. The van der Waals surface area contributed by atoms with Crippen LogP contribution in [0.3, 0.4) is 0 Å². The average Bonchev–Trinajstić information content (AvgIpc) is 3.14. The number of aryl methyl sites for hydroxylation is 3. The van der Waals surface area contributed by atoms with Crippen molar-refractivity contribution >= 4 is 50.1 Å². The van der Waals surface area contributed by atoms with Crippen molar-refractivity contribution in [1.82, 2.24) is 10.3 Å². The van der Waals surface area contributed by atoms with Crippen molar-refractivity contribution < 1.29 is 14.4 Å². The summed E-state index contributed by atoms with van der Waals surface area (Å²) in [6.45, 7) is 9.42. The maximum atomic E-state index is 12.9. The number of rotatable bonds is 8. The number of hydrogen-bond donors (Lipinski definition) is 3. The molecule has 2 aromatic carbocycles. The van der Waals surface area contributed by atoms with E-state index in [0.29, 0.717) is 22.6 Å². The second-order valence-corrected chi connectivity index (χ2v) is 9.34. The predicted molar refractivity (Wildman–Crippen MR) is 134 cm³/mol. The molecule has 3 N–H and O–H groups in total. The zero-order valence-electron chi connectivity index (χ0n) is 19.7. The van der Waals surface area contributed by atoms with Crippen LogP contribution in [-0.2, 0) is 9.59 Å². The van der Waals surface area contributed by atoms with Crippen LogP contribution in [0, 0.1) is 20.8 Å². The molecule has 3 rings (SSSR count). The number of carbonyl (C=O) groups is 3. The number of unbranched alkanes of at least 4 members (excludes halogenated alkanes) is 1.